The topological polar surface area (TPSA) is 158 Å². The lowest BCUT2D eigenvalue weighted by Crippen LogP contribution is -2.47. The summed E-state index contributed by atoms with van der Waals surface area (Å²) in [4.78, 5) is 38.7. The molecule has 214 valence electrons. The van der Waals surface area contributed by atoms with Crippen molar-refractivity contribution in [2.75, 3.05) is 6.61 Å². The van der Waals surface area contributed by atoms with Gasteiger partial charge in [0.15, 0.2) is 6.23 Å². The molecule has 1 fully saturated rings. The molecule has 12 nitrogen and oxygen atoms in total. The minimum atomic E-state index is -4.36. The Bertz CT molecular complexity index is 1360. The molecule has 0 aliphatic carbocycles. The van der Waals surface area contributed by atoms with E-state index in [-0.39, 0.29) is 16.9 Å². The highest BCUT2D eigenvalue weighted by Crippen LogP contribution is 2.49. The first-order valence-corrected chi connectivity index (χ1v) is 13.7. The number of ether oxygens (including phenoxy) is 2. The number of aliphatic hydroxyl groups is 1. The molecule has 39 heavy (non-hydrogen) atoms. The van der Waals surface area contributed by atoms with Gasteiger partial charge in [0.05, 0.1) is 12.7 Å². The number of benzene rings is 1. The van der Waals surface area contributed by atoms with Crippen molar-refractivity contribution in [2.24, 2.45) is 0 Å². The van der Waals surface area contributed by atoms with Crippen LogP contribution in [0.1, 0.15) is 39.5 Å². The molecule has 1 aliphatic heterocycles. The van der Waals surface area contributed by atoms with Crippen molar-refractivity contribution in [3.63, 3.8) is 0 Å². The van der Waals surface area contributed by atoms with Crippen LogP contribution in [0.15, 0.2) is 58.3 Å². The summed E-state index contributed by atoms with van der Waals surface area (Å²) < 4.78 is 52.7. The molecular weight excluding hydrogens is 536 g/mol. The lowest BCUT2D eigenvalue weighted by molar-refractivity contribution is -0.149. The number of hydrogen-bond donors (Lipinski definition) is 3. The summed E-state index contributed by atoms with van der Waals surface area (Å²) in [5, 5.41) is 13.4. The van der Waals surface area contributed by atoms with Gasteiger partial charge in [0.2, 0.25) is 5.67 Å². The van der Waals surface area contributed by atoms with E-state index in [9.17, 15) is 24.1 Å². The number of carbonyl (C=O) groups excluding carboxylic acids is 1. The molecule has 1 aromatic heterocycles. The highest BCUT2D eigenvalue weighted by atomic mass is 31.2. The van der Waals surface area contributed by atoms with Crippen molar-refractivity contribution in [3.05, 3.63) is 75.1 Å². The quantitative estimate of drug-likeness (QED) is 0.209. The maximum absolute atomic E-state index is 16.3. The molecule has 1 unspecified atom stereocenters. The van der Waals surface area contributed by atoms with E-state index in [1.807, 2.05) is 0 Å². The number of alkyl halides is 1. The first-order valence-electron chi connectivity index (χ1n) is 12.2. The number of para-hydroxylation sites is 1. The zero-order chi connectivity index (χ0) is 29.1. The van der Waals surface area contributed by atoms with E-state index in [0.717, 1.165) is 10.8 Å². The number of H-pyrrole nitrogens is 1. The van der Waals surface area contributed by atoms with Crippen molar-refractivity contribution in [1.82, 2.24) is 14.6 Å². The standard InChI is InChI=1S/C25H33FN3O9P/c1-14(2)25(26)20(30)19(37-23(25)29-12-16(5)21(31)27-24(29)33)13-35-39(34,38-18-10-8-7-9-11-18)28-17(6)22(32)36-15(3)4/h7-12,15,17,19-20,23,30H,1,13H2,2-6H3,(H,28,34)(H,27,31,33)/t17-,19-,20-,23-,25-,39?/m1/s1. The van der Waals surface area contributed by atoms with Crippen LogP contribution in [0.5, 0.6) is 5.75 Å². The summed E-state index contributed by atoms with van der Waals surface area (Å²) >= 11 is 0. The molecule has 1 aromatic carbocycles. The van der Waals surface area contributed by atoms with Crippen LogP contribution < -0.4 is 20.9 Å². The summed E-state index contributed by atoms with van der Waals surface area (Å²) in [7, 11) is -4.36. The van der Waals surface area contributed by atoms with Gasteiger partial charge in [0.1, 0.15) is 24.0 Å². The van der Waals surface area contributed by atoms with Gasteiger partial charge in [-0.3, -0.25) is 23.7 Å². The second-order valence-electron chi connectivity index (χ2n) is 9.53. The molecule has 3 N–H and O–H groups in total. The normalized spacial score (nSPS) is 25.2. The van der Waals surface area contributed by atoms with Crippen LogP contribution in [0.2, 0.25) is 0 Å². The number of halogens is 1. The monoisotopic (exact) mass is 569 g/mol. The fourth-order valence-electron chi connectivity index (χ4n) is 3.88. The van der Waals surface area contributed by atoms with Crippen LogP contribution in [0.3, 0.4) is 0 Å². The van der Waals surface area contributed by atoms with Crippen molar-refractivity contribution in [3.8, 4) is 5.75 Å². The van der Waals surface area contributed by atoms with Gasteiger partial charge in [0.25, 0.3) is 5.56 Å². The van der Waals surface area contributed by atoms with E-state index in [4.69, 9.17) is 18.5 Å². The minimum Gasteiger partial charge on any atom is -0.462 e. The summed E-state index contributed by atoms with van der Waals surface area (Å²) in [5.41, 5.74) is -4.38. The average molecular weight is 570 g/mol. The van der Waals surface area contributed by atoms with Gasteiger partial charge < -0.3 is 19.1 Å². The first kappa shape index (κ1) is 30.5. The third-order valence-electron chi connectivity index (χ3n) is 5.93. The fourth-order valence-corrected chi connectivity index (χ4v) is 5.39. The van der Waals surface area contributed by atoms with E-state index in [2.05, 4.69) is 16.7 Å². The van der Waals surface area contributed by atoms with Gasteiger partial charge >= 0.3 is 19.4 Å². The van der Waals surface area contributed by atoms with E-state index in [1.54, 1.807) is 32.0 Å². The van der Waals surface area contributed by atoms with E-state index in [0.29, 0.717) is 0 Å². The first-order chi connectivity index (χ1) is 18.2. The van der Waals surface area contributed by atoms with Crippen LogP contribution in [0, 0.1) is 6.92 Å². The molecule has 0 spiro atoms. The van der Waals surface area contributed by atoms with E-state index >= 15 is 4.39 Å². The third-order valence-corrected chi connectivity index (χ3v) is 7.58. The van der Waals surface area contributed by atoms with Crippen LogP contribution in [0.4, 0.5) is 4.39 Å². The van der Waals surface area contributed by atoms with Gasteiger partial charge in [-0.1, -0.05) is 24.8 Å². The zero-order valence-corrected chi connectivity index (χ0v) is 23.1. The number of aromatic nitrogens is 2. The van der Waals surface area contributed by atoms with Crippen molar-refractivity contribution in [2.45, 2.75) is 70.9 Å². The Morgan fingerprint density at radius 2 is 1.95 bits per heavy atom. The van der Waals surface area contributed by atoms with Gasteiger partial charge in [0, 0.05) is 11.8 Å². The maximum Gasteiger partial charge on any atom is 0.459 e. The van der Waals surface area contributed by atoms with Gasteiger partial charge in [-0.15, -0.1) is 0 Å². The Morgan fingerprint density at radius 3 is 2.54 bits per heavy atom. The molecule has 0 bridgehead atoms. The second-order valence-corrected chi connectivity index (χ2v) is 11.2. The number of carbonyl (C=O) groups is 1. The average Bonchev–Trinajstić information content (AvgIpc) is 3.11. The molecule has 0 saturated carbocycles. The Morgan fingerprint density at radius 1 is 1.31 bits per heavy atom. The minimum absolute atomic E-state index is 0.101. The molecule has 0 radical (unpaired) electrons. The Balaban J connectivity index is 1.89. The summed E-state index contributed by atoms with van der Waals surface area (Å²) in [6, 6.07) is 6.82. The maximum atomic E-state index is 16.3. The third kappa shape index (κ3) is 6.74. The molecule has 14 heteroatoms. The number of nitrogens with one attached hydrogen (secondary N) is 2. The summed E-state index contributed by atoms with van der Waals surface area (Å²) in [6.07, 6.45) is -4.46. The largest absolute Gasteiger partial charge is 0.462 e. The molecule has 6 atom stereocenters. The SMILES string of the molecule is C=C(C)[C@@]1(F)[C@H](O)[C@@H](COP(=O)(N[C@H](C)C(=O)OC(C)C)Oc2ccccc2)O[C@H]1n1cc(C)c(=O)[nH]c1=O. The molecule has 2 heterocycles. The van der Waals surface area contributed by atoms with Crippen molar-refractivity contribution < 1.29 is 37.4 Å². The number of rotatable bonds is 11. The van der Waals surface area contributed by atoms with Crippen molar-refractivity contribution >= 4 is 13.7 Å². The van der Waals surface area contributed by atoms with Crippen LogP contribution >= 0.6 is 7.75 Å². The second kappa shape index (κ2) is 12.0. The number of esters is 1. The van der Waals surface area contributed by atoms with E-state index in [1.165, 1.54) is 32.9 Å². The number of nitrogens with zero attached hydrogens (tertiary/aromatic N) is 1. The summed E-state index contributed by atoms with van der Waals surface area (Å²) in [6.45, 7) is 10.3. The summed E-state index contributed by atoms with van der Waals surface area (Å²) in [5.74, 6) is -0.582. The Labute approximate surface area is 224 Å². The molecular formula is C25H33FN3O9P. The highest BCUT2D eigenvalue weighted by molar-refractivity contribution is 7.52. The van der Waals surface area contributed by atoms with E-state index < -0.39 is 67.8 Å². The molecule has 1 aliphatic rings. The van der Waals surface area contributed by atoms with Crippen LogP contribution in [-0.4, -0.2) is 57.3 Å². The number of hydrogen-bond acceptors (Lipinski definition) is 9. The van der Waals surface area contributed by atoms with Crippen LogP contribution in [-0.2, 0) is 23.4 Å². The van der Waals surface area contributed by atoms with Crippen LogP contribution in [0.25, 0.3) is 0 Å². The molecule has 1 saturated heterocycles. The number of aryl methyl sites for hydroxylation is 1. The molecule has 3 rings (SSSR count). The Hall–Kier alpha value is -3.09. The van der Waals surface area contributed by atoms with Gasteiger partial charge in [-0.2, -0.15) is 5.09 Å². The van der Waals surface area contributed by atoms with Crippen molar-refractivity contribution in [1.29, 1.82) is 0 Å². The predicted octanol–water partition coefficient (Wildman–Crippen LogP) is 2.52. The Kier molecular flexibility index (Phi) is 9.35. The number of aromatic amines is 1. The smallest absolute Gasteiger partial charge is 0.459 e. The molecule has 0 amide bonds. The van der Waals surface area contributed by atoms with Gasteiger partial charge in [-0.05, 0) is 52.3 Å². The lowest BCUT2D eigenvalue weighted by Gasteiger charge is -2.29. The lowest BCUT2D eigenvalue weighted by atomic mass is 9.89. The van der Waals surface area contributed by atoms with Gasteiger partial charge in [-0.25, -0.2) is 13.8 Å². The fraction of sp³-hybridized carbons (Fsp3) is 0.480. The predicted molar refractivity (Wildman–Crippen MR) is 139 cm³/mol. The zero-order valence-electron chi connectivity index (χ0n) is 22.3. The number of aliphatic hydroxyl groups excluding tert-OH is 1. The highest BCUT2D eigenvalue weighted by Gasteiger charge is 2.59. The molecule has 2 aromatic rings.